The van der Waals surface area contributed by atoms with Crippen LogP contribution in [0.15, 0.2) is 21.8 Å². The molecule has 1 fully saturated rings. The van der Waals surface area contributed by atoms with E-state index in [1.54, 1.807) is 12.1 Å². The van der Waals surface area contributed by atoms with Crippen molar-refractivity contribution in [2.45, 2.75) is 4.90 Å². The summed E-state index contributed by atoms with van der Waals surface area (Å²) in [7, 11) is 2.77. The van der Waals surface area contributed by atoms with Crippen LogP contribution in [-0.4, -0.2) is 49.0 Å². The second-order valence-electron chi connectivity index (χ2n) is 4.90. The van der Waals surface area contributed by atoms with Gasteiger partial charge in [-0.25, -0.2) is 0 Å². The highest BCUT2D eigenvalue weighted by Crippen LogP contribution is 2.37. The SMILES string of the molecule is COc1cc2[nH]c(=O)c([S+]3CCOCC3)c(O)c2cc1OC. The maximum atomic E-state index is 12.4. The van der Waals surface area contributed by atoms with Crippen LogP contribution >= 0.6 is 0 Å². The lowest BCUT2D eigenvalue weighted by Crippen LogP contribution is -2.31. The molecule has 0 atom stereocenters. The van der Waals surface area contributed by atoms with Crippen molar-refractivity contribution in [1.29, 1.82) is 0 Å². The van der Waals surface area contributed by atoms with Crippen molar-refractivity contribution in [3.63, 3.8) is 0 Å². The molecule has 2 heterocycles. The molecule has 0 spiro atoms. The maximum absolute atomic E-state index is 12.4. The number of fused-ring (bicyclic) bond motifs is 1. The van der Waals surface area contributed by atoms with E-state index in [2.05, 4.69) is 4.98 Å². The Kier molecular flexibility index (Phi) is 4.17. The first-order valence-electron chi connectivity index (χ1n) is 6.92. The fourth-order valence-corrected chi connectivity index (χ4v) is 4.53. The van der Waals surface area contributed by atoms with Crippen LogP contribution in [0.3, 0.4) is 0 Å². The number of nitrogens with one attached hydrogen (secondary N) is 1. The van der Waals surface area contributed by atoms with E-state index in [-0.39, 0.29) is 22.2 Å². The Bertz CT molecular complexity index is 752. The van der Waals surface area contributed by atoms with Gasteiger partial charge in [0.05, 0.1) is 33.0 Å². The van der Waals surface area contributed by atoms with E-state index in [4.69, 9.17) is 14.2 Å². The molecule has 1 aromatic carbocycles. The number of aromatic amines is 1. The number of rotatable bonds is 3. The molecule has 0 saturated carbocycles. The van der Waals surface area contributed by atoms with Gasteiger partial charge in [0.2, 0.25) is 0 Å². The number of pyridine rings is 1. The first-order chi connectivity index (χ1) is 10.7. The number of H-pyrrole nitrogens is 1. The molecule has 3 rings (SSSR count). The second-order valence-corrected chi connectivity index (χ2v) is 7.11. The molecule has 0 bridgehead atoms. The number of methoxy groups -OCH3 is 2. The van der Waals surface area contributed by atoms with Crippen molar-refractivity contribution >= 4 is 21.8 Å². The van der Waals surface area contributed by atoms with Crippen LogP contribution < -0.4 is 15.0 Å². The summed E-state index contributed by atoms with van der Waals surface area (Å²) in [5.41, 5.74) is 0.281. The molecule has 7 heteroatoms. The topological polar surface area (TPSA) is 80.8 Å². The van der Waals surface area contributed by atoms with Crippen LogP contribution in [-0.2, 0) is 15.6 Å². The zero-order chi connectivity index (χ0) is 15.7. The Morgan fingerprint density at radius 2 is 1.82 bits per heavy atom. The van der Waals surface area contributed by atoms with E-state index < -0.39 is 0 Å². The van der Waals surface area contributed by atoms with Gasteiger partial charge in [-0.15, -0.1) is 0 Å². The van der Waals surface area contributed by atoms with E-state index in [9.17, 15) is 9.90 Å². The first kappa shape index (κ1) is 15.1. The zero-order valence-corrected chi connectivity index (χ0v) is 13.3. The number of ether oxygens (including phenoxy) is 3. The Labute approximate surface area is 130 Å². The summed E-state index contributed by atoms with van der Waals surface area (Å²) < 4.78 is 15.8. The van der Waals surface area contributed by atoms with E-state index in [1.165, 1.54) is 14.2 Å². The lowest BCUT2D eigenvalue weighted by Gasteiger charge is -2.15. The summed E-state index contributed by atoms with van der Waals surface area (Å²) in [5, 5.41) is 11.2. The highest BCUT2D eigenvalue weighted by atomic mass is 32.2. The third-order valence-electron chi connectivity index (χ3n) is 3.69. The van der Waals surface area contributed by atoms with Gasteiger partial charge in [-0.2, -0.15) is 0 Å². The third kappa shape index (κ3) is 2.50. The third-order valence-corrected chi connectivity index (χ3v) is 5.96. The van der Waals surface area contributed by atoms with E-state index >= 15 is 0 Å². The average Bonchev–Trinajstić information content (AvgIpc) is 2.54. The predicted molar refractivity (Wildman–Crippen MR) is 85.5 cm³/mol. The van der Waals surface area contributed by atoms with Crippen molar-refractivity contribution in [2.75, 3.05) is 38.9 Å². The first-order valence-corrected chi connectivity index (χ1v) is 8.48. The smallest absolute Gasteiger partial charge is 0.307 e. The predicted octanol–water partition coefficient (Wildman–Crippen LogP) is 1.26. The Hall–Kier alpha value is -1.86. The van der Waals surface area contributed by atoms with Gasteiger partial charge in [-0.05, 0) is 6.07 Å². The summed E-state index contributed by atoms with van der Waals surface area (Å²) in [5.74, 6) is 2.57. The summed E-state index contributed by atoms with van der Waals surface area (Å²) in [6.45, 7) is 1.23. The molecule has 0 amide bonds. The van der Waals surface area contributed by atoms with Crippen LogP contribution in [0.25, 0.3) is 10.9 Å². The standard InChI is InChI=1S/C15H17NO5S/c1-19-11-7-9-10(8-12(11)20-2)16-15(18)14(13(9)17)22-5-3-21-4-6-22/h7-8H,3-6H2,1-2H3,(H-,16,17,18)/p+1. The van der Waals surface area contributed by atoms with Gasteiger partial charge in [0.25, 0.3) is 4.90 Å². The molecule has 1 aliphatic rings. The van der Waals surface area contributed by atoms with Crippen molar-refractivity contribution in [3.05, 3.63) is 22.5 Å². The fourth-order valence-electron chi connectivity index (χ4n) is 2.58. The summed E-state index contributed by atoms with van der Waals surface area (Å²) in [4.78, 5) is 15.7. The Balaban J connectivity index is 2.20. The Morgan fingerprint density at radius 3 is 2.45 bits per heavy atom. The van der Waals surface area contributed by atoms with Crippen LogP contribution in [0.5, 0.6) is 17.2 Å². The zero-order valence-electron chi connectivity index (χ0n) is 12.5. The van der Waals surface area contributed by atoms with Gasteiger partial charge in [0.1, 0.15) is 11.5 Å². The van der Waals surface area contributed by atoms with Gasteiger partial charge in [-0.3, -0.25) is 4.79 Å². The van der Waals surface area contributed by atoms with Crippen LogP contribution in [0.4, 0.5) is 0 Å². The van der Waals surface area contributed by atoms with Crippen LogP contribution in [0.2, 0.25) is 0 Å². The quantitative estimate of drug-likeness (QED) is 0.831. The van der Waals surface area contributed by atoms with Gasteiger partial charge >= 0.3 is 5.56 Å². The maximum Gasteiger partial charge on any atom is 0.307 e. The monoisotopic (exact) mass is 324 g/mol. The minimum atomic E-state index is -0.294. The molecule has 1 aliphatic heterocycles. The molecule has 0 aliphatic carbocycles. The highest BCUT2D eigenvalue weighted by molar-refractivity contribution is 7.97. The summed E-state index contributed by atoms with van der Waals surface area (Å²) in [6.07, 6.45) is 0. The molecule has 0 unspecified atom stereocenters. The molecule has 0 radical (unpaired) electrons. The molecule has 118 valence electrons. The van der Waals surface area contributed by atoms with E-state index in [0.717, 1.165) is 11.5 Å². The van der Waals surface area contributed by atoms with E-state index in [0.29, 0.717) is 40.5 Å². The number of aromatic nitrogens is 1. The van der Waals surface area contributed by atoms with Crippen molar-refractivity contribution in [2.24, 2.45) is 0 Å². The molecular weight excluding hydrogens is 306 g/mol. The summed E-state index contributed by atoms with van der Waals surface area (Å²) >= 11 is 0. The normalized spacial score (nSPS) is 15.9. The summed E-state index contributed by atoms with van der Waals surface area (Å²) in [6, 6.07) is 3.35. The molecule has 22 heavy (non-hydrogen) atoms. The number of aromatic hydroxyl groups is 1. The minimum Gasteiger partial charge on any atom is -0.503 e. The Morgan fingerprint density at radius 1 is 1.18 bits per heavy atom. The molecule has 1 aromatic heterocycles. The molecule has 6 nitrogen and oxygen atoms in total. The molecule has 1 saturated heterocycles. The number of hydrogen-bond acceptors (Lipinski definition) is 5. The van der Waals surface area contributed by atoms with E-state index in [1.807, 2.05) is 0 Å². The molecular formula is C15H18NO5S+. The van der Waals surface area contributed by atoms with Crippen molar-refractivity contribution < 1.29 is 19.3 Å². The average molecular weight is 324 g/mol. The second kappa shape index (κ2) is 6.10. The minimum absolute atomic E-state index is 0.0323. The number of benzene rings is 1. The largest absolute Gasteiger partial charge is 0.503 e. The van der Waals surface area contributed by atoms with Crippen molar-refractivity contribution in [3.8, 4) is 17.2 Å². The van der Waals surface area contributed by atoms with Crippen molar-refractivity contribution in [1.82, 2.24) is 4.98 Å². The van der Waals surface area contributed by atoms with Gasteiger partial charge in [0, 0.05) is 22.3 Å². The molecule has 2 N–H and O–H groups in total. The highest BCUT2D eigenvalue weighted by Gasteiger charge is 2.33. The number of hydrogen-bond donors (Lipinski definition) is 2. The lowest BCUT2D eigenvalue weighted by molar-refractivity contribution is 0.159. The lowest BCUT2D eigenvalue weighted by atomic mass is 10.2. The van der Waals surface area contributed by atoms with Crippen LogP contribution in [0.1, 0.15) is 0 Å². The molecule has 2 aromatic rings. The van der Waals surface area contributed by atoms with Crippen LogP contribution in [0, 0.1) is 0 Å². The fraction of sp³-hybridized carbons (Fsp3) is 0.400. The van der Waals surface area contributed by atoms with Gasteiger partial charge in [0.15, 0.2) is 17.2 Å². The van der Waals surface area contributed by atoms with Gasteiger partial charge < -0.3 is 24.3 Å². The van der Waals surface area contributed by atoms with Gasteiger partial charge in [-0.1, -0.05) is 0 Å².